The van der Waals surface area contributed by atoms with Crippen LogP contribution in [0.5, 0.6) is 0 Å². The molecule has 0 bridgehead atoms. The minimum absolute atomic E-state index is 0.181. The van der Waals surface area contributed by atoms with E-state index in [1.54, 1.807) is 6.07 Å². The number of halogens is 2. The maximum absolute atomic E-state index is 14.7. The predicted molar refractivity (Wildman–Crippen MR) is 126 cm³/mol. The van der Waals surface area contributed by atoms with Gasteiger partial charge < -0.3 is 24.9 Å². The lowest BCUT2D eigenvalue weighted by Crippen LogP contribution is -2.39. The van der Waals surface area contributed by atoms with Crippen LogP contribution in [0.3, 0.4) is 0 Å². The van der Waals surface area contributed by atoms with Gasteiger partial charge in [-0.1, -0.05) is 30.3 Å². The minimum Gasteiger partial charge on any atom is -0.452 e. The third-order valence-corrected chi connectivity index (χ3v) is 5.87. The first-order chi connectivity index (χ1) is 17.4. The number of fused-ring (bicyclic) bond motifs is 1. The topological polar surface area (TPSA) is 122 Å². The highest BCUT2D eigenvalue weighted by atomic mass is 19.3. The average molecular weight is 493 g/mol. The fraction of sp³-hybridized carbons (Fsp3) is 0.200. The highest BCUT2D eigenvalue weighted by Crippen LogP contribution is 2.41. The van der Waals surface area contributed by atoms with Crippen molar-refractivity contribution in [2.45, 2.75) is 25.0 Å². The van der Waals surface area contributed by atoms with Crippen molar-refractivity contribution in [2.75, 3.05) is 17.2 Å². The third-order valence-electron chi connectivity index (χ3n) is 5.87. The van der Waals surface area contributed by atoms with Gasteiger partial charge in [0.25, 0.3) is 5.89 Å². The molecule has 0 amide bonds. The number of aliphatic hydroxyl groups excluding tert-OH is 1. The molecule has 2 atom stereocenters. The van der Waals surface area contributed by atoms with E-state index in [0.717, 1.165) is 12.5 Å². The molecule has 0 radical (unpaired) electrons. The van der Waals surface area contributed by atoms with E-state index in [-0.39, 0.29) is 18.1 Å². The van der Waals surface area contributed by atoms with Crippen LogP contribution in [0.4, 0.5) is 26.0 Å². The summed E-state index contributed by atoms with van der Waals surface area (Å²) in [6.45, 7) is 0.952. The first-order valence-corrected chi connectivity index (χ1v) is 11.1. The van der Waals surface area contributed by atoms with Gasteiger partial charge in [0.15, 0.2) is 6.10 Å². The number of hydrogen-bond acceptors (Lipinski definition) is 9. The van der Waals surface area contributed by atoms with Gasteiger partial charge in [-0.25, -0.2) is 9.78 Å². The van der Waals surface area contributed by atoms with Crippen molar-refractivity contribution in [2.24, 2.45) is 0 Å². The van der Waals surface area contributed by atoms with Crippen molar-refractivity contribution in [3.8, 4) is 11.5 Å². The Kier molecular flexibility index (Phi) is 6.06. The summed E-state index contributed by atoms with van der Waals surface area (Å²) in [5.41, 5.74) is 1.56. The Morgan fingerprint density at radius 2 is 1.94 bits per heavy atom. The van der Waals surface area contributed by atoms with Gasteiger partial charge in [-0.3, -0.25) is 0 Å². The van der Waals surface area contributed by atoms with Crippen LogP contribution in [-0.4, -0.2) is 39.0 Å². The van der Waals surface area contributed by atoms with Gasteiger partial charge in [-0.05, 0) is 30.7 Å². The van der Waals surface area contributed by atoms with E-state index in [0.29, 0.717) is 22.8 Å². The van der Waals surface area contributed by atoms with E-state index in [1.807, 2.05) is 30.3 Å². The zero-order valence-electron chi connectivity index (χ0n) is 19.0. The molecule has 9 nitrogen and oxygen atoms in total. The lowest BCUT2D eigenvalue weighted by atomic mass is 9.95. The van der Waals surface area contributed by atoms with E-state index in [1.165, 1.54) is 30.8 Å². The second-order valence-electron chi connectivity index (χ2n) is 8.21. The zero-order valence-corrected chi connectivity index (χ0v) is 19.0. The summed E-state index contributed by atoms with van der Waals surface area (Å²) in [6, 6.07) is 14.5. The average Bonchev–Trinajstić information content (AvgIpc) is 3.42. The van der Waals surface area contributed by atoms with Crippen molar-refractivity contribution in [3.63, 3.8) is 0 Å². The number of pyridine rings is 1. The number of rotatable bonds is 7. The third kappa shape index (κ3) is 4.36. The number of ether oxygens (including phenoxy) is 1. The molecule has 0 saturated heterocycles. The molecule has 3 heterocycles. The monoisotopic (exact) mass is 493 g/mol. The van der Waals surface area contributed by atoms with Crippen molar-refractivity contribution in [1.29, 1.82) is 0 Å². The highest BCUT2D eigenvalue weighted by molar-refractivity contribution is 5.93. The largest absolute Gasteiger partial charge is 0.452 e. The number of hydrogen-bond donors (Lipinski definition) is 3. The van der Waals surface area contributed by atoms with Crippen molar-refractivity contribution in [3.05, 3.63) is 83.9 Å². The van der Waals surface area contributed by atoms with E-state index in [4.69, 9.17) is 9.15 Å². The fourth-order valence-electron chi connectivity index (χ4n) is 3.95. The van der Waals surface area contributed by atoms with Crippen LogP contribution < -0.4 is 10.6 Å². The second kappa shape index (κ2) is 9.34. The summed E-state index contributed by atoms with van der Waals surface area (Å²) in [5, 5.41) is 23.9. The van der Waals surface area contributed by atoms with Crippen molar-refractivity contribution < 1.29 is 27.8 Å². The number of cyclic esters (lactones) is 1. The van der Waals surface area contributed by atoms with Gasteiger partial charge in [0, 0.05) is 23.5 Å². The van der Waals surface area contributed by atoms with Gasteiger partial charge in [0.2, 0.25) is 6.39 Å². The summed E-state index contributed by atoms with van der Waals surface area (Å²) in [4.78, 5) is 16.4. The summed E-state index contributed by atoms with van der Waals surface area (Å²) in [6.07, 6.45) is 1.10. The number of nitrogens with one attached hydrogen (secondary N) is 2. The van der Waals surface area contributed by atoms with Crippen LogP contribution in [0.25, 0.3) is 11.5 Å². The van der Waals surface area contributed by atoms with Gasteiger partial charge in [0.1, 0.15) is 5.82 Å². The van der Waals surface area contributed by atoms with Gasteiger partial charge in [0.05, 0.1) is 29.5 Å². The summed E-state index contributed by atoms with van der Waals surface area (Å²) in [5.74, 6) is -3.60. The highest BCUT2D eigenvalue weighted by Gasteiger charge is 2.48. The number of aromatic nitrogens is 3. The Morgan fingerprint density at radius 1 is 1.14 bits per heavy atom. The Balaban J connectivity index is 1.49. The number of anilines is 3. The molecule has 11 heteroatoms. The van der Waals surface area contributed by atoms with Crippen LogP contribution in [0, 0.1) is 0 Å². The normalized spacial score (nSPS) is 17.1. The van der Waals surface area contributed by atoms with Gasteiger partial charge in [-0.15, -0.1) is 10.2 Å². The van der Waals surface area contributed by atoms with E-state index in [9.17, 15) is 18.7 Å². The lowest BCUT2D eigenvalue weighted by Gasteiger charge is -2.30. The lowest BCUT2D eigenvalue weighted by molar-refractivity contribution is -0.122. The first kappa shape index (κ1) is 23.4. The second-order valence-corrected chi connectivity index (χ2v) is 8.21. The molecule has 1 aliphatic heterocycles. The Hall–Kier alpha value is -4.38. The molecular weight excluding hydrogens is 472 g/mol. The molecule has 0 spiro atoms. The molecule has 4 aromatic rings. The number of carbonyl (C=O) groups is 1. The first-order valence-electron chi connectivity index (χ1n) is 11.1. The van der Waals surface area contributed by atoms with Crippen molar-refractivity contribution in [1.82, 2.24) is 15.2 Å². The molecule has 5 rings (SSSR count). The number of aliphatic hydroxyl groups is 1. The summed E-state index contributed by atoms with van der Waals surface area (Å²) >= 11 is 0. The number of nitrogens with zero attached hydrogens (tertiary/aromatic N) is 3. The van der Waals surface area contributed by atoms with Crippen LogP contribution >= 0.6 is 0 Å². The van der Waals surface area contributed by atoms with Gasteiger partial charge in [-0.2, -0.15) is 8.78 Å². The van der Waals surface area contributed by atoms with E-state index < -0.39 is 29.6 Å². The number of alkyl halides is 2. The minimum atomic E-state index is -3.34. The molecule has 3 N–H and O–H groups in total. The molecule has 184 valence electrons. The van der Waals surface area contributed by atoms with Crippen LogP contribution in [-0.2, 0) is 10.7 Å². The molecular formula is C25H21F2N5O4. The number of carbonyl (C=O) groups excluding carboxylic acids is 1. The molecule has 1 aliphatic rings. The molecule has 0 fully saturated rings. The van der Waals surface area contributed by atoms with Crippen LogP contribution in [0.2, 0.25) is 0 Å². The maximum atomic E-state index is 14.7. The molecule has 1 unspecified atom stereocenters. The van der Waals surface area contributed by atoms with Crippen molar-refractivity contribution >= 4 is 23.2 Å². The number of benzene rings is 2. The Bertz CT molecular complexity index is 1380. The zero-order chi connectivity index (χ0) is 25.3. The summed E-state index contributed by atoms with van der Waals surface area (Å²) in [7, 11) is 0. The van der Waals surface area contributed by atoms with Crippen LogP contribution in [0.15, 0.2) is 71.6 Å². The number of esters is 1. The van der Waals surface area contributed by atoms with Gasteiger partial charge >= 0.3 is 11.9 Å². The molecule has 0 saturated carbocycles. The Morgan fingerprint density at radius 3 is 2.67 bits per heavy atom. The van der Waals surface area contributed by atoms with Crippen LogP contribution in [0.1, 0.15) is 34.5 Å². The quantitative estimate of drug-likeness (QED) is 0.315. The smallest absolute Gasteiger partial charge is 0.339 e. The molecule has 36 heavy (non-hydrogen) atoms. The molecule has 2 aromatic carbocycles. The summed E-state index contributed by atoms with van der Waals surface area (Å²) < 4.78 is 39.5. The molecule has 0 aliphatic carbocycles. The maximum Gasteiger partial charge on any atom is 0.339 e. The Labute approximate surface area is 204 Å². The SMILES string of the molecule is CC1OC(=O)c2ccc(Nc3cc(N[C@H](CO)c4ccccc4)c(-c4nnco4)cn3)cc2C1(F)F. The van der Waals surface area contributed by atoms with E-state index in [2.05, 4.69) is 25.8 Å². The van der Waals surface area contributed by atoms with E-state index >= 15 is 0 Å². The standard InChI is InChI=1S/C25H21F2N5O4/c1-14-25(26,27)19-9-16(7-8-17(19)24(34)36-14)30-22-10-20(18(11-28-22)23-32-29-13-35-23)31-21(12-33)15-5-3-2-4-6-15/h2-11,13-14,21,33H,12H2,1H3,(H2,28,30,31)/t14?,21-/m1/s1. The predicted octanol–water partition coefficient (Wildman–Crippen LogP) is 4.67. The molecule has 2 aromatic heterocycles. The fourth-order valence-corrected chi connectivity index (χ4v) is 3.95.